The first-order valence-corrected chi connectivity index (χ1v) is 9.89. The summed E-state index contributed by atoms with van der Waals surface area (Å²) in [5, 5.41) is 8.77. The first-order valence-electron chi connectivity index (χ1n) is 9.89. The molecule has 7 heteroatoms. The number of ether oxygens (including phenoxy) is 1. The Kier molecular flexibility index (Phi) is 4.32. The summed E-state index contributed by atoms with van der Waals surface area (Å²) in [6, 6.07) is 10.3. The lowest BCUT2D eigenvalue weighted by Crippen LogP contribution is -2.44. The lowest BCUT2D eigenvalue weighted by Gasteiger charge is -2.34. The second kappa shape index (κ2) is 7.00. The van der Waals surface area contributed by atoms with Crippen LogP contribution in [0.15, 0.2) is 47.7 Å². The molecule has 3 heterocycles. The standard InChI is InChI=1S/C22H24N6O/c1-24-13-17(12-23)15-2-3-19-18(10-15)21(27-26-19)16-4-7-25-20(11-16)28-8-9-29-22(14-28)5-6-22/h2-4,7,10-13H,5-6,8-9,14,23H2,1H3,(H,26,27). The zero-order valence-corrected chi connectivity index (χ0v) is 16.4. The number of hydrogen-bond acceptors (Lipinski definition) is 6. The van der Waals surface area contributed by atoms with E-state index in [0.29, 0.717) is 0 Å². The predicted molar refractivity (Wildman–Crippen MR) is 116 cm³/mol. The van der Waals surface area contributed by atoms with Crippen molar-refractivity contribution in [2.45, 2.75) is 18.4 Å². The summed E-state index contributed by atoms with van der Waals surface area (Å²) in [4.78, 5) is 11.0. The van der Waals surface area contributed by atoms with Gasteiger partial charge in [-0.05, 0) is 42.7 Å². The molecule has 1 saturated carbocycles. The summed E-state index contributed by atoms with van der Waals surface area (Å²) < 4.78 is 5.94. The van der Waals surface area contributed by atoms with E-state index >= 15 is 0 Å². The monoisotopic (exact) mass is 388 g/mol. The normalized spacial score (nSPS) is 18.8. The second-order valence-electron chi connectivity index (χ2n) is 7.70. The summed E-state index contributed by atoms with van der Waals surface area (Å²) in [6.45, 7) is 2.54. The predicted octanol–water partition coefficient (Wildman–Crippen LogP) is 2.99. The Balaban J connectivity index is 1.52. The molecular weight excluding hydrogens is 364 g/mol. The summed E-state index contributed by atoms with van der Waals surface area (Å²) in [5.74, 6) is 0.977. The SMILES string of the molecule is CN=CC(=CN)c1ccc2[nH]nc(-c3ccnc(N4CCOC5(CC5)C4)c3)c2c1. The number of aromatic nitrogens is 3. The van der Waals surface area contributed by atoms with Gasteiger partial charge < -0.3 is 15.4 Å². The number of nitrogens with zero attached hydrogens (tertiary/aromatic N) is 4. The number of hydrogen-bond donors (Lipinski definition) is 2. The van der Waals surface area contributed by atoms with Crippen molar-refractivity contribution in [3.8, 4) is 11.3 Å². The van der Waals surface area contributed by atoms with Gasteiger partial charge in [0.1, 0.15) is 11.5 Å². The summed E-state index contributed by atoms with van der Waals surface area (Å²) in [6.07, 6.45) is 7.49. The van der Waals surface area contributed by atoms with Crippen LogP contribution in [0.2, 0.25) is 0 Å². The maximum atomic E-state index is 5.94. The van der Waals surface area contributed by atoms with Gasteiger partial charge in [0.25, 0.3) is 0 Å². The molecule has 5 rings (SSSR count). The molecule has 7 nitrogen and oxygen atoms in total. The Morgan fingerprint density at radius 2 is 2.21 bits per heavy atom. The number of benzene rings is 1. The second-order valence-corrected chi connectivity index (χ2v) is 7.70. The first-order chi connectivity index (χ1) is 14.2. The topological polar surface area (TPSA) is 92.4 Å². The molecule has 1 aliphatic carbocycles. The number of aromatic amines is 1. The van der Waals surface area contributed by atoms with E-state index in [9.17, 15) is 0 Å². The molecule has 2 aromatic heterocycles. The number of rotatable bonds is 4. The highest BCUT2D eigenvalue weighted by atomic mass is 16.5. The van der Waals surface area contributed by atoms with Crippen LogP contribution >= 0.6 is 0 Å². The number of pyridine rings is 1. The van der Waals surface area contributed by atoms with E-state index < -0.39 is 0 Å². The summed E-state index contributed by atoms with van der Waals surface area (Å²) >= 11 is 0. The lowest BCUT2D eigenvalue weighted by molar-refractivity contribution is 0.0204. The van der Waals surface area contributed by atoms with Gasteiger partial charge in [-0.25, -0.2) is 4.98 Å². The highest BCUT2D eigenvalue weighted by Gasteiger charge is 2.47. The molecule has 0 unspecified atom stereocenters. The van der Waals surface area contributed by atoms with E-state index in [0.717, 1.165) is 71.7 Å². The van der Waals surface area contributed by atoms with Gasteiger partial charge in [0.05, 0.1) is 17.7 Å². The molecule has 0 radical (unpaired) electrons. The van der Waals surface area contributed by atoms with Gasteiger partial charge in [-0.3, -0.25) is 10.1 Å². The number of nitrogens with two attached hydrogens (primary N) is 1. The van der Waals surface area contributed by atoms with Crippen LogP contribution in [-0.4, -0.2) is 53.7 Å². The van der Waals surface area contributed by atoms with Crippen LogP contribution < -0.4 is 10.6 Å². The van der Waals surface area contributed by atoms with E-state index in [2.05, 4.69) is 37.2 Å². The fraction of sp³-hybridized carbons (Fsp3) is 0.318. The van der Waals surface area contributed by atoms with Crippen molar-refractivity contribution in [2.75, 3.05) is 31.6 Å². The molecule has 2 fully saturated rings. The number of nitrogens with one attached hydrogen (secondary N) is 1. The van der Waals surface area contributed by atoms with Crippen LogP contribution in [0.1, 0.15) is 18.4 Å². The number of allylic oxidation sites excluding steroid dienone is 1. The molecule has 1 aromatic carbocycles. The summed E-state index contributed by atoms with van der Waals surface area (Å²) in [5.41, 5.74) is 10.7. The molecule has 0 bridgehead atoms. The van der Waals surface area contributed by atoms with Crippen molar-refractivity contribution < 1.29 is 4.74 Å². The molecule has 1 aliphatic heterocycles. The highest BCUT2D eigenvalue weighted by Crippen LogP contribution is 2.43. The maximum Gasteiger partial charge on any atom is 0.129 e. The molecule has 0 amide bonds. The van der Waals surface area contributed by atoms with Crippen LogP contribution in [-0.2, 0) is 4.74 Å². The van der Waals surface area contributed by atoms with Crippen LogP contribution in [0.3, 0.4) is 0 Å². The number of morpholine rings is 1. The van der Waals surface area contributed by atoms with Crippen molar-refractivity contribution in [2.24, 2.45) is 10.7 Å². The number of anilines is 1. The van der Waals surface area contributed by atoms with Crippen molar-refractivity contribution in [3.63, 3.8) is 0 Å². The largest absolute Gasteiger partial charge is 0.404 e. The van der Waals surface area contributed by atoms with Crippen LogP contribution in [0, 0.1) is 0 Å². The summed E-state index contributed by atoms with van der Waals surface area (Å²) in [7, 11) is 1.74. The fourth-order valence-corrected chi connectivity index (χ4v) is 3.99. The quantitative estimate of drug-likeness (QED) is 0.671. The third-order valence-electron chi connectivity index (χ3n) is 5.74. The minimum absolute atomic E-state index is 0.0651. The zero-order valence-electron chi connectivity index (χ0n) is 16.4. The Morgan fingerprint density at radius 3 is 3.00 bits per heavy atom. The molecule has 0 atom stereocenters. The number of fused-ring (bicyclic) bond motifs is 1. The van der Waals surface area contributed by atoms with Crippen LogP contribution in [0.5, 0.6) is 0 Å². The third kappa shape index (κ3) is 3.27. The van der Waals surface area contributed by atoms with Crippen molar-refractivity contribution in [1.29, 1.82) is 0 Å². The molecular formula is C22H24N6O. The van der Waals surface area contributed by atoms with E-state index in [1.807, 2.05) is 24.4 Å². The Bertz CT molecular complexity index is 1110. The van der Waals surface area contributed by atoms with E-state index in [-0.39, 0.29) is 5.60 Å². The Labute approximate surface area is 169 Å². The van der Waals surface area contributed by atoms with E-state index in [1.54, 1.807) is 19.5 Å². The minimum atomic E-state index is 0.0651. The molecule has 3 aromatic rings. The lowest BCUT2D eigenvalue weighted by atomic mass is 10.0. The molecule has 1 saturated heterocycles. The van der Waals surface area contributed by atoms with Crippen molar-refractivity contribution in [1.82, 2.24) is 15.2 Å². The van der Waals surface area contributed by atoms with Gasteiger partial charge in [-0.15, -0.1) is 0 Å². The fourth-order valence-electron chi connectivity index (χ4n) is 3.99. The average Bonchev–Trinajstić information content (AvgIpc) is 3.36. The van der Waals surface area contributed by atoms with Gasteiger partial charge in [0, 0.05) is 55.3 Å². The minimum Gasteiger partial charge on any atom is -0.404 e. The van der Waals surface area contributed by atoms with Crippen molar-refractivity contribution in [3.05, 3.63) is 48.3 Å². The molecule has 148 valence electrons. The van der Waals surface area contributed by atoms with Gasteiger partial charge in [-0.2, -0.15) is 5.10 Å². The zero-order chi connectivity index (χ0) is 19.8. The maximum absolute atomic E-state index is 5.94. The average molecular weight is 388 g/mol. The van der Waals surface area contributed by atoms with Gasteiger partial charge >= 0.3 is 0 Å². The van der Waals surface area contributed by atoms with Crippen LogP contribution in [0.25, 0.3) is 27.7 Å². The Morgan fingerprint density at radius 1 is 1.31 bits per heavy atom. The number of aliphatic imine (C=N–C) groups is 1. The van der Waals surface area contributed by atoms with Crippen LogP contribution in [0.4, 0.5) is 5.82 Å². The molecule has 1 spiro atoms. The van der Waals surface area contributed by atoms with Gasteiger partial charge in [0.15, 0.2) is 0 Å². The van der Waals surface area contributed by atoms with Crippen molar-refractivity contribution >= 4 is 28.5 Å². The van der Waals surface area contributed by atoms with Gasteiger partial charge in [-0.1, -0.05) is 6.07 Å². The Hall–Kier alpha value is -3.19. The highest BCUT2D eigenvalue weighted by molar-refractivity contribution is 6.11. The van der Waals surface area contributed by atoms with E-state index in [4.69, 9.17) is 10.5 Å². The third-order valence-corrected chi connectivity index (χ3v) is 5.74. The molecule has 2 aliphatic rings. The van der Waals surface area contributed by atoms with E-state index in [1.165, 1.54) is 0 Å². The molecule has 29 heavy (non-hydrogen) atoms. The smallest absolute Gasteiger partial charge is 0.129 e. The van der Waals surface area contributed by atoms with Gasteiger partial charge in [0.2, 0.25) is 0 Å². The molecule has 3 N–H and O–H groups in total. The first kappa shape index (κ1) is 17.9. The number of H-pyrrole nitrogens is 1.